The molecule has 158 valence electrons. The first-order valence-corrected chi connectivity index (χ1v) is 10.4. The SMILES string of the molecule is CC1CN(C(=O)N2CCC(C(=O)Nc3cccc(F)c3)CC2)c2cc(Cl)ccc2O1. The van der Waals surface area contributed by atoms with Crippen LogP contribution in [0.1, 0.15) is 19.8 Å². The van der Waals surface area contributed by atoms with Gasteiger partial charge in [-0.15, -0.1) is 0 Å². The molecule has 0 aromatic heterocycles. The predicted molar refractivity (Wildman–Crippen MR) is 114 cm³/mol. The number of carbonyl (C=O) groups excluding carboxylic acids is 2. The van der Waals surface area contributed by atoms with Crippen molar-refractivity contribution >= 4 is 34.9 Å². The van der Waals surface area contributed by atoms with Crippen molar-refractivity contribution in [3.63, 3.8) is 0 Å². The van der Waals surface area contributed by atoms with Crippen LogP contribution in [0.3, 0.4) is 0 Å². The molecule has 1 atom stereocenters. The van der Waals surface area contributed by atoms with Crippen LogP contribution in [-0.2, 0) is 4.79 Å². The zero-order valence-electron chi connectivity index (χ0n) is 16.6. The van der Waals surface area contributed by atoms with E-state index in [0.717, 1.165) is 0 Å². The van der Waals surface area contributed by atoms with E-state index in [1.165, 1.54) is 12.1 Å². The maximum atomic E-state index is 13.3. The molecule has 0 saturated carbocycles. The summed E-state index contributed by atoms with van der Waals surface area (Å²) in [6.45, 7) is 3.30. The van der Waals surface area contributed by atoms with Crippen LogP contribution in [0.15, 0.2) is 42.5 Å². The summed E-state index contributed by atoms with van der Waals surface area (Å²) < 4.78 is 19.1. The summed E-state index contributed by atoms with van der Waals surface area (Å²) >= 11 is 6.12. The molecule has 0 spiro atoms. The van der Waals surface area contributed by atoms with E-state index in [1.54, 1.807) is 40.1 Å². The van der Waals surface area contributed by atoms with Crippen LogP contribution in [-0.4, -0.2) is 42.6 Å². The number of benzene rings is 2. The van der Waals surface area contributed by atoms with Crippen LogP contribution < -0.4 is 15.0 Å². The topological polar surface area (TPSA) is 61.9 Å². The summed E-state index contributed by atoms with van der Waals surface area (Å²) in [5.41, 5.74) is 1.10. The van der Waals surface area contributed by atoms with Gasteiger partial charge in [0.1, 0.15) is 17.7 Å². The van der Waals surface area contributed by atoms with E-state index in [2.05, 4.69) is 5.32 Å². The van der Waals surface area contributed by atoms with E-state index in [0.29, 0.717) is 54.6 Å². The van der Waals surface area contributed by atoms with Crippen LogP contribution >= 0.6 is 11.6 Å². The van der Waals surface area contributed by atoms with Gasteiger partial charge in [0.2, 0.25) is 5.91 Å². The Morgan fingerprint density at radius 1 is 1.17 bits per heavy atom. The van der Waals surface area contributed by atoms with Crippen LogP contribution in [0.4, 0.5) is 20.6 Å². The largest absolute Gasteiger partial charge is 0.487 e. The number of urea groups is 1. The average molecular weight is 432 g/mol. The zero-order valence-corrected chi connectivity index (χ0v) is 17.4. The Morgan fingerprint density at radius 2 is 1.93 bits per heavy atom. The number of nitrogens with one attached hydrogen (secondary N) is 1. The molecule has 2 aromatic rings. The minimum atomic E-state index is -0.395. The van der Waals surface area contributed by atoms with Crippen molar-refractivity contribution in [3.8, 4) is 5.75 Å². The van der Waals surface area contributed by atoms with Gasteiger partial charge < -0.3 is 15.0 Å². The highest BCUT2D eigenvalue weighted by Gasteiger charge is 2.34. The van der Waals surface area contributed by atoms with E-state index < -0.39 is 5.82 Å². The van der Waals surface area contributed by atoms with Crippen molar-refractivity contribution in [2.45, 2.75) is 25.9 Å². The lowest BCUT2D eigenvalue weighted by Gasteiger charge is -2.39. The summed E-state index contributed by atoms with van der Waals surface area (Å²) in [5, 5.41) is 3.30. The fraction of sp³-hybridized carbons (Fsp3) is 0.364. The quantitative estimate of drug-likeness (QED) is 0.759. The predicted octanol–water partition coefficient (Wildman–Crippen LogP) is 4.54. The van der Waals surface area contributed by atoms with Gasteiger partial charge in [-0.25, -0.2) is 9.18 Å². The number of carbonyl (C=O) groups is 2. The zero-order chi connectivity index (χ0) is 21.3. The number of hydrogen-bond donors (Lipinski definition) is 1. The summed E-state index contributed by atoms with van der Waals surface area (Å²) in [4.78, 5) is 29.2. The van der Waals surface area contributed by atoms with E-state index in [1.807, 2.05) is 6.92 Å². The number of anilines is 2. The Labute approximate surface area is 179 Å². The van der Waals surface area contributed by atoms with Crippen LogP contribution in [0.25, 0.3) is 0 Å². The molecule has 8 heteroatoms. The molecule has 1 saturated heterocycles. The Kier molecular flexibility index (Phi) is 5.81. The number of amides is 3. The number of fused-ring (bicyclic) bond motifs is 1. The van der Waals surface area contributed by atoms with Crippen molar-refractivity contribution in [2.24, 2.45) is 5.92 Å². The Morgan fingerprint density at radius 3 is 2.67 bits per heavy atom. The second kappa shape index (κ2) is 8.52. The Bertz CT molecular complexity index is 962. The molecule has 1 N–H and O–H groups in total. The van der Waals surface area contributed by atoms with Gasteiger partial charge in [-0.3, -0.25) is 9.69 Å². The fourth-order valence-electron chi connectivity index (χ4n) is 3.91. The first-order valence-electron chi connectivity index (χ1n) is 10.00. The molecule has 2 aliphatic heterocycles. The van der Waals surface area contributed by atoms with E-state index in [-0.39, 0.29) is 24.0 Å². The molecule has 30 heavy (non-hydrogen) atoms. The Hall–Kier alpha value is -2.80. The van der Waals surface area contributed by atoms with Gasteiger partial charge in [0.25, 0.3) is 0 Å². The van der Waals surface area contributed by atoms with Crippen molar-refractivity contribution in [2.75, 3.05) is 29.9 Å². The third-order valence-corrected chi connectivity index (χ3v) is 5.67. The first kappa shape index (κ1) is 20.5. The number of nitrogens with zero attached hydrogens (tertiary/aromatic N) is 2. The second-order valence-corrected chi connectivity index (χ2v) is 8.13. The van der Waals surface area contributed by atoms with Crippen molar-refractivity contribution in [3.05, 3.63) is 53.3 Å². The average Bonchev–Trinajstić information content (AvgIpc) is 2.73. The molecule has 3 amide bonds. The number of likely N-dealkylation sites (tertiary alicyclic amines) is 1. The molecule has 0 aliphatic carbocycles. The van der Waals surface area contributed by atoms with Crippen molar-refractivity contribution in [1.82, 2.24) is 4.90 Å². The monoisotopic (exact) mass is 431 g/mol. The Balaban J connectivity index is 1.39. The van der Waals surface area contributed by atoms with Crippen molar-refractivity contribution in [1.29, 1.82) is 0 Å². The van der Waals surface area contributed by atoms with E-state index >= 15 is 0 Å². The van der Waals surface area contributed by atoms with Crippen molar-refractivity contribution < 1.29 is 18.7 Å². The highest BCUT2D eigenvalue weighted by Crippen LogP contribution is 2.36. The number of ether oxygens (including phenoxy) is 1. The number of piperidine rings is 1. The molecule has 4 rings (SSSR count). The maximum Gasteiger partial charge on any atom is 0.324 e. The lowest BCUT2D eigenvalue weighted by Crippen LogP contribution is -2.51. The van der Waals surface area contributed by atoms with Gasteiger partial charge in [-0.1, -0.05) is 17.7 Å². The fourth-order valence-corrected chi connectivity index (χ4v) is 4.07. The molecule has 2 heterocycles. The van der Waals surface area contributed by atoms with Gasteiger partial charge in [0, 0.05) is 29.7 Å². The van der Waals surface area contributed by atoms with Gasteiger partial charge in [-0.2, -0.15) is 0 Å². The molecular weight excluding hydrogens is 409 g/mol. The summed E-state index contributed by atoms with van der Waals surface area (Å²) in [6.07, 6.45) is 0.974. The number of halogens is 2. The van der Waals surface area contributed by atoms with Gasteiger partial charge in [-0.05, 0) is 56.2 Å². The minimum absolute atomic E-state index is 0.113. The van der Waals surface area contributed by atoms with Gasteiger partial charge >= 0.3 is 6.03 Å². The van der Waals surface area contributed by atoms with E-state index in [4.69, 9.17) is 16.3 Å². The van der Waals surface area contributed by atoms with Crippen LogP contribution in [0, 0.1) is 11.7 Å². The van der Waals surface area contributed by atoms with Gasteiger partial charge in [0.05, 0.1) is 12.2 Å². The number of hydrogen-bond acceptors (Lipinski definition) is 3. The van der Waals surface area contributed by atoms with E-state index in [9.17, 15) is 14.0 Å². The molecule has 1 unspecified atom stereocenters. The third kappa shape index (κ3) is 4.36. The normalized spacial score (nSPS) is 19.1. The molecule has 6 nitrogen and oxygen atoms in total. The molecule has 2 aliphatic rings. The highest BCUT2D eigenvalue weighted by atomic mass is 35.5. The molecule has 0 bridgehead atoms. The standard InChI is InChI=1S/C22H23ClFN3O3/c1-14-13-27(19-11-16(23)5-6-20(19)30-14)22(29)26-9-7-15(8-10-26)21(28)25-18-4-2-3-17(24)12-18/h2-6,11-12,14-15H,7-10,13H2,1H3,(H,25,28). The first-order chi connectivity index (χ1) is 14.4. The second-order valence-electron chi connectivity index (χ2n) is 7.69. The van der Waals surface area contributed by atoms with Crippen LogP contribution in [0.2, 0.25) is 5.02 Å². The van der Waals surface area contributed by atoms with Gasteiger partial charge in [0.15, 0.2) is 0 Å². The molecule has 0 radical (unpaired) electrons. The maximum absolute atomic E-state index is 13.3. The lowest BCUT2D eigenvalue weighted by molar-refractivity contribution is -0.121. The van der Waals surface area contributed by atoms with Crippen LogP contribution in [0.5, 0.6) is 5.75 Å². The molecular formula is C22H23ClFN3O3. The third-order valence-electron chi connectivity index (χ3n) is 5.44. The molecule has 2 aromatic carbocycles. The summed E-state index contributed by atoms with van der Waals surface area (Å²) in [6, 6.07) is 11.0. The molecule has 1 fully saturated rings. The summed E-state index contributed by atoms with van der Waals surface area (Å²) in [5.74, 6) is -0.128. The summed E-state index contributed by atoms with van der Waals surface area (Å²) in [7, 11) is 0. The lowest BCUT2D eigenvalue weighted by atomic mass is 9.96. The number of rotatable bonds is 2. The minimum Gasteiger partial charge on any atom is -0.487 e. The smallest absolute Gasteiger partial charge is 0.324 e. The highest BCUT2D eigenvalue weighted by molar-refractivity contribution is 6.31.